The van der Waals surface area contributed by atoms with Crippen LogP contribution in [0.2, 0.25) is 0 Å². The lowest BCUT2D eigenvalue weighted by Crippen LogP contribution is -2.09. The number of rotatable bonds is 6. The predicted octanol–water partition coefficient (Wildman–Crippen LogP) is 11.0. The highest BCUT2D eigenvalue weighted by atomic mass is 16.5. The first kappa shape index (κ1) is 58.8. The molecule has 0 radical (unpaired) electrons. The number of nitrogens with one attached hydrogen (secondary N) is 2. The van der Waals surface area contributed by atoms with Gasteiger partial charge in [0.2, 0.25) is 0 Å². The fraction of sp³-hybridized carbons (Fsp3) is 0.676. The van der Waals surface area contributed by atoms with Gasteiger partial charge >= 0.3 is 0 Å². The molecule has 0 aliphatic rings. The zero-order valence-electron chi connectivity index (χ0n) is 29.6. The molecule has 5 heterocycles. The fourth-order valence-corrected chi connectivity index (χ4v) is 3.33. The SMILES string of the molecule is C.C.C.C.C.C.CC(C)c1ccno1.CC(C)n1ccnn1.Cc1coc(NC(C)C)n1.Cc1nc(C(C)C)n[nH]1.Cc1nc(C)n(C(C)C)n1. The highest BCUT2D eigenvalue weighted by Crippen LogP contribution is 2.11. The number of hydrogen-bond donors (Lipinski definition) is 2. The minimum atomic E-state index is 0. The summed E-state index contributed by atoms with van der Waals surface area (Å²) in [6, 6.07) is 3.70. The van der Waals surface area contributed by atoms with Crippen LogP contribution in [0.1, 0.15) is 172 Å². The van der Waals surface area contributed by atoms with Gasteiger partial charge in [-0.2, -0.15) is 15.2 Å². The van der Waals surface area contributed by atoms with Gasteiger partial charge in [-0.05, 0) is 69.2 Å². The largest absolute Gasteiger partial charge is 0.432 e. The molecule has 0 spiro atoms. The lowest BCUT2D eigenvalue weighted by molar-refractivity contribution is 0.371. The van der Waals surface area contributed by atoms with E-state index in [4.69, 9.17) is 8.94 Å². The van der Waals surface area contributed by atoms with Crippen LogP contribution in [0.25, 0.3) is 0 Å². The van der Waals surface area contributed by atoms with Gasteiger partial charge < -0.3 is 14.3 Å². The Morgan fingerprint density at radius 2 is 1.35 bits per heavy atom. The molecular formula is C37H78N12O2. The summed E-state index contributed by atoms with van der Waals surface area (Å²) in [5.74, 6) is 5.46. The quantitative estimate of drug-likeness (QED) is 0.171. The highest BCUT2D eigenvalue weighted by Gasteiger charge is 2.04. The number of hydrogen-bond acceptors (Lipinski definition) is 11. The smallest absolute Gasteiger partial charge is 0.294 e. The summed E-state index contributed by atoms with van der Waals surface area (Å²) in [5, 5.41) is 25.0. The van der Waals surface area contributed by atoms with Gasteiger partial charge in [-0.3, -0.25) is 9.78 Å². The van der Waals surface area contributed by atoms with Gasteiger partial charge in [0.15, 0.2) is 5.82 Å². The van der Waals surface area contributed by atoms with Crippen molar-refractivity contribution in [2.24, 2.45) is 0 Å². The zero-order chi connectivity index (χ0) is 34.1. The van der Waals surface area contributed by atoms with Crippen LogP contribution in [0.15, 0.2) is 39.9 Å². The van der Waals surface area contributed by atoms with Crippen molar-refractivity contribution in [3.05, 3.63) is 65.7 Å². The van der Waals surface area contributed by atoms with Gasteiger partial charge in [-0.15, -0.1) is 5.10 Å². The van der Waals surface area contributed by atoms with Gasteiger partial charge in [0.05, 0.1) is 18.1 Å². The average molecular weight is 723 g/mol. The predicted molar refractivity (Wildman–Crippen MR) is 216 cm³/mol. The van der Waals surface area contributed by atoms with Crippen molar-refractivity contribution in [1.82, 2.24) is 55.1 Å². The van der Waals surface area contributed by atoms with Crippen molar-refractivity contribution in [3.63, 3.8) is 0 Å². The summed E-state index contributed by atoms with van der Waals surface area (Å²) >= 11 is 0. The van der Waals surface area contributed by atoms with Crippen LogP contribution in [-0.2, 0) is 0 Å². The van der Waals surface area contributed by atoms with Gasteiger partial charge in [-0.25, -0.2) is 14.6 Å². The van der Waals surface area contributed by atoms with E-state index in [1.54, 1.807) is 23.3 Å². The third kappa shape index (κ3) is 24.4. The van der Waals surface area contributed by atoms with Gasteiger partial charge in [0.25, 0.3) is 6.01 Å². The Balaban J connectivity index is -0.000000121. The number of oxazole rings is 1. The summed E-state index contributed by atoms with van der Waals surface area (Å²) in [6.07, 6.45) is 6.82. The lowest BCUT2D eigenvalue weighted by Gasteiger charge is -2.04. The van der Waals surface area contributed by atoms with Crippen molar-refractivity contribution in [2.75, 3.05) is 5.32 Å². The summed E-state index contributed by atoms with van der Waals surface area (Å²) in [7, 11) is 0. The van der Waals surface area contributed by atoms with Gasteiger partial charge in [0.1, 0.15) is 29.5 Å². The molecule has 5 aromatic rings. The van der Waals surface area contributed by atoms with E-state index in [0.717, 1.165) is 34.8 Å². The number of nitrogens with zero attached hydrogens (tertiary/aromatic N) is 10. The van der Waals surface area contributed by atoms with Crippen LogP contribution in [0.4, 0.5) is 6.01 Å². The van der Waals surface area contributed by atoms with Crippen molar-refractivity contribution in [3.8, 4) is 0 Å². The van der Waals surface area contributed by atoms with E-state index in [1.807, 2.05) is 58.5 Å². The maximum Gasteiger partial charge on any atom is 0.294 e. The van der Waals surface area contributed by atoms with Crippen LogP contribution in [0.3, 0.4) is 0 Å². The minimum absolute atomic E-state index is 0. The third-order valence-corrected chi connectivity index (χ3v) is 5.56. The molecule has 14 heteroatoms. The molecule has 5 rings (SSSR count). The van der Waals surface area contributed by atoms with Crippen LogP contribution in [-0.4, -0.2) is 61.1 Å². The average Bonchev–Trinajstić information content (AvgIpc) is 3.77. The molecule has 0 aromatic carbocycles. The Morgan fingerprint density at radius 1 is 0.745 bits per heavy atom. The maximum atomic E-state index is 5.05. The Bertz CT molecular complexity index is 1380. The fourth-order valence-electron chi connectivity index (χ4n) is 3.33. The topological polar surface area (TPSA) is 167 Å². The molecule has 0 saturated carbocycles. The molecule has 14 nitrogen and oxygen atoms in total. The molecule has 5 aromatic heterocycles. The summed E-state index contributed by atoms with van der Waals surface area (Å²) < 4.78 is 13.6. The highest BCUT2D eigenvalue weighted by molar-refractivity contribution is 5.21. The second kappa shape index (κ2) is 30.5. The zero-order valence-corrected chi connectivity index (χ0v) is 29.6. The number of aromatic amines is 1. The normalized spacial score (nSPS) is 9.31. The Morgan fingerprint density at radius 3 is 1.59 bits per heavy atom. The summed E-state index contributed by atoms with van der Waals surface area (Å²) in [4.78, 5) is 12.4. The summed E-state index contributed by atoms with van der Waals surface area (Å²) in [5.41, 5.74) is 0.906. The van der Waals surface area contributed by atoms with Gasteiger partial charge in [-0.1, -0.05) is 82.6 Å². The lowest BCUT2D eigenvalue weighted by atomic mass is 10.2. The number of H-pyrrole nitrogens is 1. The molecule has 0 bridgehead atoms. The third-order valence-electron chi connectivity index (χ3n) is 5.56. The van der Waals surface area contributed by atoms with E-state index in [2.05, 4.69) is 106 Å². The molecule has 0 amide bonds. The number of anilines is 1. The van der Waals surface area contributed by atoms with E-state index in [1.165, 1.54) is 0 Å². The standard InChI is InChI=1S/C7H13N3.C7H12N2O.C6H11N3.C6H9NO.C5H9N3.6CH4/c1-5(2)10-7(4)8-6(3)9-10;1-5(2)8-7-9-6(3)4-10-7;1-4(2)6-7-5(3)8-9-6;1-5(2)6-3-4-7-8-6;1-5(2)8-4-3-6-7-8;;;;;;/h5H,1-4H3;4-5H,1-3H3,(H,8,9);4H,1-3H3,(H,7,8,9);2*3-5H,1-2H3;6*1H4. The molecule has 0 atom stereocenters. The van der Waals surface area contributed by atoms with Crippen molar-refractivity contribution >= 4 is 6.01 Å². The second-order valence-electron chi connectivity index (χ2n) is 11.8. The molecule has 0 unspecified atom stereocenters. The van der Waals surface area contributed by atoms with Crippen LogP contribution >= 0.6 is 0 Å². The molecule has 0 saturated heterocycles. The maximum absolute atomic E-state index is 5.05. The van der Waals surface area contributed by atoms with Crippen LogP contribution in [0.5, 0.6) is 0 Å². The van der Waals surface area contributed by atoms with Crippen LogP contribution < -0.4 is 5.32 Å². The molecule has 51 heavy (non-hydrogen) atoms. The van der Waals surface area contributed by atoms with E-state index in [-0.39, 0.29) is 44.6 Å². The molecule has 0 aliphatic heterocycles. The summed E-state index contributed by atoms with van der Waals surface area (Å²) in [6.45, 7) is 28.4. The Kier molecular flexibility index (Phi) is 35.1. The van der Waals surface area contributed by atoms with E-state index in [0.29, 0.717) is 36.0 Å². The number of aromatic nitrogens is 11. The first-order chi connectivity index (χ1) is 21.1. The van der Waals surface area contributed by atoms with Gasteiger partial charge in [0, 0.05) is 42.2 Å². The molecule has 0 fully saturated rings. The first-order valence-corrected chi connectivity index (χ1v) is 15.3. The molecule has 2 N–H and O–H groups in total. The van der Waals surface area contributed by atoms with E-state index < -0.39 is 0 Å². The van der Waals surface area contributed by atoms with Crippen molar-refractivity contribution in [1.29, 1.82) is 0 Å². The monoisotopic (exact) mass is 723 g/mol. The first-order valence-electron chi connectivity index (χ1n) is 15.3. The van der Waals surface area contributed by atoms with Crippen LogP contribution in [0, 0.1) is 27.7 Å². The second-order valence-corrected chi connectivity index (χ2v) is 11.8. The minimum Gasteiger partial charge on any atom is -0.432 e. The molecular weight excluding hydrogens is 644 g/mol. The van der Waals surface area contributed by atoms with E-state index in [9.17, 15) is 0 Å². The van der Waals surface area contributed by atoms with Crippen molar-refractivity contribution in [2.45, 2.75) is 171 Å². The molecule has 0 aliphatic carbocycles. The number of aryl methyl sites for hydroxylation is 4. The van der Waals surface area contributed by atoms with Crippen molar-refractivity contribution < 1.29 is 8.94 Å². The Labute approximate surface area is 312 Å². The van der Waals surface area contributed by atoms with E-state index >= 15 is 0 Å². The Hall–Kier alpha value is -4.36. The molecule has 298 valence electrons.